The lowest BCUT2D eigenvalue weighted by Gasteiger charge is -2.25. The van der Waals surface area contributed by atoms with Crippen LogP contribution in [0.5, 0.6) is 11.5 Å². The molecular weight excluding hydrogens is 316 g/mol. The van der Waals surface area contributed by atoms with E-state index in [9.17, 15) is 19.5 Å². The summed E-state index contributed by atoms with van der Waals surface area (Å²) < 4.78 is 10.3. The second-order valence-corrected chi connectivity index (χ2v) is 5.69. The number of amides is 2. The Morgan fingerprint density at radius 2 is 1.96 bits per heavy atom. The largest absolute Gasteiger partial charge is 0.480 e. The van der Waals surface area contributed by atoms with Crippen molar-refractivity contribution in [2.75, 3.05) is 13.3 Å². The Morgan fingerprint density at radius 3 is 2.62 bits per heavy atom. The van der Waals surface area contributed by atoms with Gasteiger partial charge in [0.05, 0.1) is 6.54 Å². The normalized spacial score (nSPS) is 14.6. The van der Waals surface area contributed by atoms with Crippen molar-refractivity contribution < 1.29 is 29.0 Å². The fraction of sp³-hybridized carbons (Fsp3) is 0.438. The molecule has 1 heterocycles. The highest BCUT2D eigenvalue weighted by atomic mass is 16.7. The third kappa shape index (κ3) is 3.95. The van der Waals surface area contributed by atoms with Crippen molar-refractivity contribution in [2.24, 2.45) is 0 Å². The molecule has 8 heteroatoms. The van der Waals surface area contributed by atoms with E-state index in [0.29, 0.717) is 29.9 Å². The molecule has 0 saturated heterocycles. The van der Waals surface area contributed by atoms with Crippen LogP contribution in [0.25, 0.3) is 0 Å². The number of ether oxygens (including phenoxy) is 2. The second kappa shape index (κ2) is 7.20. The van der Waals surface area contributed by atoms with Crippen LogP contribution in [-0.4, -0.2) is 41.8 Å². The minimum atomic E-state index is -1.35. The van der Waals surface area contributed by atoms with E-state index in [1.54, 1.807) is 12.1 Å². The van der Waals surface area contributed by atoms with Gasteiger partial charge < -0.3 is 25.2 Å². The lowest BCUT2D eigenvalue weighted by Crippen LogP contribution is -2.54. The fourth-order valence-corrected chi connectivity index (χ4v) is 2.38. The number of carboxylic acid groups (broad SMARTS) is 1. The fourth-order valence-electron chi connectivity index (χ4n) is 2.38. The summed E-state index contributed by atoms with van der Waals surface area (Å²) in [5, 5.41) is 14.1. The number of hydrogen-bond acceptors (Lipinski definition) is 5. The van der Waals surface area contributed by atoms with Crippen molar-refractivity contribution in [1.29, 1.82) is 0 Å². The molecule has 0 aliphatic carbocycles. The van der Waals surface area contributed by atoms with Crippen molar-refractivity contribution in [2.45, 2.75) is 32.2 Å². The number of carbonyl (C=O) groups is 3. The molecule has 1 aliphatic heterocycles. The molecular formula is C16H20N2O6. The van der Waals surface area contributed by atoms with Crippen molar-refractivity contribution in [1.82, 2.24) is 10.6 Å². The lowest BCUT2D eigenvalue weighted by atomic mass is 9.96. The zero-order valence-electron chi connectivity index (χ0n) is 13.5. The topological polar surface area (TPSA) is 114 Å². The molecule has 1 aromatic rings. The average molecular weight is 336 g/mol. The summed E-state index contributed by atoms with van der Waals surface area (Å²) in [4.78, 5) is 35.3. The van der Waals surface area contributed by atoms with Gasteiger partial charge in [-0.1, -0.05) is 13.3 Å². The van der Waals surface area contributed by atoms with Gasteiger partial charge in [0, 0.05) is 5.56 Å². The summed E-state index contributed by atoms with van der Waals surface area (Å²) in [6.45, 7) is 3.05. The molecule has 1 aliphatic rings. The van der Waals surface area contributed by atoms with E-state index < -0.39 is 23.3 Å². The van der Waals surface area contributed by atoms with Gasteiger partial charge in [-0.05, 0) is 31.5 Å². The van der Waals surface area contributed by atoms with Gasteiger partial charge in [-0.25, -0.2) is 4.79 Å². The van der Waals surface area contributed by atoms with Gasteiger partial charge in [0.2, 0.25) is 12.7 Å². The maximum atomic E-state index is 12.1. The average Bonchev–Trinajstić information content (AvgIpc) is 3.00. The molecule has 130 valence electrons. The number of benzene rings is 1. The smallest absolute Gasteiger partial charge is 0.329 e. The standard InChI is InChI=1S/C16H20N2O6/c1-3-6-16(2,15(21)22)18-13(19)8-17-14(20)10-4-5-11-12(7-10)24-9-23-11/h4-5,7H,3,6,8-9H2,1-2H3,(H,17,20)(H,18,19)(H,21,22). The molecule has 0 saturated carbocycles. The molecule has 2 amide bonds. The first-order chi connectivity index (χ1) is 11.4. The van der Waals surface area contributed by atoms with Crippen molar-refractivity contribution in [3.63, 3.8) is 0 Å². The van der Waals surface area contributed by atoms with Crippen LogP contribution in [0, 0.1) is 0 Å². The minimum absolute atomic E-state index is 0.105. The molecule has 1 aromatic carbocycles. The monoisotopic (exact) mass is 336 g/mol. The van der Waals surface area contributed by atoms with E-state index in [4.69, 9.17) is 9.47 Å². The maximum absolute atomic E-state index is 12.1. The second-order valence-electron chi connectivity index (χ2n) is 5.69. The highest BCUT2D eigenvalue weighted by molar-refractivity contribution is 5.97. The van der Waals surface area contributed by atoms with E-state index in [-0.39, 0.29) is 13.3 Å². The molecule has 0 spiro atoms. The summed E-state index contributed by atoms with van der Waals surface area (Å²) in [5.41, 5.74) is -1.03. The van der Waals surface area contributed by atoms with Gasteiger partial charge in [0.15, 0.2) is 11.5 Å². The molecule has 0 fully saturated rings. The molecule has 8 nitrogen and oxygen atoms in total. The van der Waals surface area contributed by atoms with E-state index in [2.05, 4.69) is 10.6 Å². The van der Waals surface area contributed by atoms with Gasteiger partial charge in [0.1, 0.15) is 5.54 Å². The summed E-state index contributed by atoms with van der Waals surface area (Å²) in [7, 11) is 0. The zero-order valence-corrected chi connectivity index (χ0v) is 13.5. The quantitative estimate of drug-likeness (QED) is 0.682. The van der Waals surface area contributed by atoms with Crippen molar-refractivity contribution in [3.05, 3.63) is 23.8 Å². The first kappa shape index (κ1) is 17.6. The highest BCUT2D eigenvalue weighted by Crippen LogP contribution is 2.32. The molecule has 0 radical (unpaired) electrons. The minimum Gasteiger partial charge on any atom is -0.480 e. The van der Waals surface area contributed by atoms with E-state index in [1.807, 2.05) is 6.92 Å². The van der Waals surface area contributed by atoms with Crippen molar-refractivity contribution >= 4 is 17.8 Å². The Labute approximate surface area is 139 Å². The Hall–Kier alpha value is -2.77. The summed E-state index contributed by atoms with van der Waals surface area (Å²) >= 11 is 0. The number of carbonyl (C=O) groups excluding carboxylic acids is 2. The zero-order chi connectivity index (χ0) is 17.7. The van der Waals surface area contributed by atoms with Crippen LogP contribution in [0.2, 0.25) is 0 Å². The Kier molecular flexibility index (Phi) is 5.28. The molecule has 2 rings (SSSR count). The Bertz CT molecular complexity index is 660. The summed E-state index contributed by atoms with van der Waals surface area (Å²) in [6, 6.07) is 4.69. The number of rotatable bonds is 7. The number of hydrogen-bond donors (Lipinski definition) is 3. The Balaban J connectivity index is 1.91. The van der Waals surface area contributed by atoms with Gasteiger partial charge >= 0.3 is 5.97 Å². The number of carboxylic acids is 1. The Morgan fingerprint density at radius 1 is 1.25 bits per heavy atom. The number of fused-ring (bicyclic) bond motifs is 1. The maximum Gasteiger partial charge on any atom is 0.329 e. The predicted octanol–water partition coefficient (Wildman–Crippen LogP) is 0.905. The molecule has 0 aromatic heterocycles. The van der Waals surface area contributed by atoms with E-state index >= 15 is 0 Å². The van der Waals surface area contributed by atoms with Gasteiger partial charge in [-0.15, -0.1) is 0 Å². The molecule has 0 bridgehead atoms. The van der Waals surface area contributed by atoms with Gasteiger partial charge in [-0.3, -0.25) is 9.59 Å². The first-order valence-electron chi connectivity index (χ1n) is 7.58. The van der Waals surface area contributed by atoms with E-state index in [1.165, 1.54) is 13.0 Å². The molecule has 1 atom stereocenters. The highest BCUT2D eigenvalue weighted by Gasteiger charge is 2.33. The van der Waals surface area contributed by atoms with Crippen LogP contribution in [0.15, 0.2) is 18.2 Å². The third-order valence-electron chi connectivity index (χ3n) is 3.68. The molecule has 1 unspecified atom stereocenters. The SMILES string of the molecule is CCCC(C)(NC(=O)CNC(=O)c1ccc2c(c1)OCO2)C(=O)O. The third-order valence-corrected chi connectivity index (χ3v) is 3.68. The summed E-state index contributed by atoms with van der Waals surface area (Å²) in [6.07, 6.45) is 0.900. The van der Waals surface area contributed by atoms with E-state index in [0.717, 1.165) is 0 Å². The summed E-state index contributed by atoms with van der Waals surface area (Å²) in [5.74, 6) is -1.12. The van der Waals surface area contributed by atoms with Crippen LogP contribution in [0.4, 0.5) is 0 Å². The first-order valence-corrected chi connectivity index (χ1v) is 7.58. The van der Waals surface area contributed by atoms with Crippen LogP contribution in [-0.2, 0) is 9.59 Å². The van der Waals surface area contributed by atoms with Crippen LogP contribution < -0.4 is 20.1 Å². The lowest BCUT2D eigenvalue weighted by molar-refractivity contribution is -0.147. The predicted molar refractivity (Wildman–Crippen MR) is 84.0 cm³/mol. The molecule has 24 heavy (non-hydrogen) atoms. The van der Waals surface area contributed by atoms with Crippen LogP contribution in [0.1, 0.15) is 37.0 Å². The van der Waals surface area contributed by atoms with Crippen LogP contribution >= 0.6 is 0 Å². The van der Waals surface area contributed by atoms with Gasteiger partial charge in [0.25, 0.3) is 5.91 Å². The van der Waals surface area contributed by atoms with Crippen molar-refractivity contribution in [3.8, 4) is 11.5 Å². The number of nitrogens with one attached hydrogen (secondary N) is 2. The van der Waals surface area contributed by atoms with Crippen LogP contribution in [0.3, 0.4) is 0 Å². The number of aliphatic carboxylic acids is 1. The van der Waals surface area contributed by atoms with Gasteiger partial charge in [-0.2, -0.15) is 0 Å². The molecule has 3 N–H and O–H groups in total.